The molecule has 2 atom stereocenters. The summed E-state index contributed by atoms with van der Waals surface area (Å²) in [6, 6.07) is 27.7. The van der Waals surface area contributed by atoms with E-state index in [2.05, 4.69) is 56.0 Å². The first-order valence-electron chi connectivity index (χ1n) is 14.0. The van der Waals surface area contributed by atoms with Gasteiger partial charge in [0.15, 0.2) is 0 Å². The SMILES string of the molecule is BC(Nc1cc(Cl)c2ncc(C#N)c(N[C@H](CC#N)c3ccccc3)c2c1)(C1=CN(C2CC2)NN1)c1cccc(C#N)c1. The molecule has 6 rings (SSSR count). The average molecular weight is 584 g/mol. The molecule has 0 amide bonds. The highest BCUT2D eigenvalue weighted by Gasteiger charge is 2.38. The van der Waals surface area contributed by atoms with Crippen LogP contribution >= 0.6 is 11.6 Å². The van der Waals surface area contributed by atoms with Crippen LogP contribution in [0, 0.1) is 34.0 Å². The molecular formula is C32H27BClN9. The van der Waals surface area contributed by atoms with Gasteiger partial charge in [-0.3, -0.25) is 9.99 Å². The molecule has 0 radical (unpaired) electrons. The minimum Gasteiger partial charge on any atom is -0.378 e. The summed E-state index contributed by atoms with van der Waals surface area (Å²) in [6.07, 6.45) is 5.99. The zero-order valence-electron chi connectivity index (χ0n) is 23.4. The second-order valence-electron chi connectivity index (χ2n) is 10.8. The van der Waals surface area contributed by atoms with Crippen LogP contribution in [0.5, 0.6) is 0 Å². The predicted molar refractivity (Wildman–Crippen MR) is 169 cm³/mol. The number of hydrazine groups is 2. The molecule has 1 aromatic heterocycles. The maximum atomic E-state index is 10.0. The van der Waals surface area contributed by atoms with Crippen molar-refractivity contribution in [1.82, 2.24) is 21.0 Å². The van der Waals surface area contributed by atoms with E-state index in [1.54, 1.807) is 6.07 Å². The number of benzene rings is 3. The van der Waals surface area contributed by atoms with E-state index in [0.717, 1.165) is 29.7 Å². The molecule has 1 aliphatic heterocycles. The quantitative estimate of drug-likeness (QED) is 0.202. The third-order valence-corrected chi connectivity index (χ3v) is 8.18. The van der Waals surface area contributed by atoms with Crippen molar-refractivity contribution in [1.29, 1.82) is 15.8 Å². The zero-order chi connectivity index (χ0) is 30.0. The fraction of sp³-hybridized carbons (Fsp3) is 0.188. The molecule has 4 aromatic rings. The Hall–Kier alpha value is -5.21. The van der Waals surface area contributed by atoms with Gasteiger partial charge in [0, 0.05) is 29.5 Å². The normalized spacial score (nSPS) is 16.1. The molecule has 9 nitrogen and oxygen atoms in total. The van der Waals surface area contributed by atoms with Crippen molar-refractivity contribution in [3.63, 3.8) is 0 Å². The summed E-state index contributed by atoms with van der Waals surface area (Å²) in [5.41, 5.74) is 11.1. The number of halogens is 1. The number of nitrogens with one attached hydrogen (secondary N) is 4. The first-order chi connectivity index (χ1) is 20.9. The van der Waals surface area contributed by atoms with E-state index in [0.29, 0.717) is 44.5 Å². The molecule has 1 saturated carbocycles. The molecule has 1 fully saturated rings. The molecule has 43 heavy (non-hydrogen) atoms. The standard InChI is InChI=1S/C32H27BClN9/c33-32(23-8-4-5-20(13-23)16-36,29-19-43(42-41-29)25-9-10-25)40-24-14-26-30(22(17-37)18-38-31(26)27(34)15-24)39-28(11-12-35)21-6-2-1-3-7-21/h1-8,13-15,18-19,25,28,40-42H,9-11,33H2,(H,38,39)/t28-,32?/m1/s1. The minimum atomic E-state index is -0.804. The monoisotopic (exact) mass is 583 g/mol. The number of rotatable bonds is 9. The van der Waals surface area contributed by atoms with Gasteiger partial charge >= 0.3 is 0 Å². The second-order valence-corrected chi connectivity index (χ2v) is 11.3. The van der Waals surface area contributed by atoms with Gasteiger partial charge in [0.2, 0.25) is 0 Å². The maximum absolute atomic E-state index is 10.0. The van der Waals surface area contributed by atoms with Crippen LogP contribution in [-0.4, -0.2) is 23.9 Å². The third-order valence-electron chi connectivity index (χ3n) is 7.89. The first-order valence-corrected chi connectivity index (χ1v) is 14.3. The van der Waals surface area contributed by atoms with E-state index in [1.165, 1.54) is 6.20 Å². The van der Waals surface area contributed by atoms with E-state index >= 15 is 0 Å². The molecule has 2 heterocycles. The predicted octanol–water partition coefficient (Wildman–Crippen LogP) is 4.93. The second kappa shape index (κ2) is 11.6. The van der Waals surface area contributed by atoms with Gasteiger partial charge in [0.25, 0.3) is 0 Å². The molecule has 0 spiro atoms. The highest BCUT2D eigenvalue weighted by Crippen LogP contribution is 2.39. The van der Waals surface area contributed by atoms with Gasteiger partial charge in [-0.15, -0.1) is 5.53 Å². The smallest absolute Gasteiger partial charge is 0.148 e. The van der Waals surface area contributed by atoms with E-state index in [1.807, 2.05) is 68.5 Å². The fourth-order valence-corrected chi connectivity index (χ4v) is 5.66. The fourth-order valence-electron chi connectivity index (χ4n) is 5.39. The van der Waals surface area contributed by atoms with Crippen molar-refractivity contribution in [3.8, 4) is 18.2 Å². The van der Waals surface area contributed by atoms with Crippen LogP contribution < -0.4 is 21.6 Å². The highest BCUT2D eigenvalue weighted by molar-refractivity contribution is 6.36. The number of nitrogens with zero attached hydrogens (tertiary/aromatic N) is 5. The molecule has 0 saturated heterocycles. The molecule has 2 aliphatic rings. The number of hydrogen-bond donors (Lipinski definition) is 4. The molecular weight excluding hydrogens is 557 g/mol. The van der Waals surface area contributed by atoms with Crippen LogP contribution in [0.4, 0.5) is 11.4 Å². The molecule has 0 bridgehead atoms. The van der Waals surface area contributed by atoms with Crippen LogP contribution in [0.2, 0.25) is 5.02 Å². The summed E-state index contributed by atoms with van der Waals surface area (Å²) in [4.78, 5) is 4.51. The Morgan fingerprint density at radius 1 is 1.07 bits per heavy atom. The van der Waals surface area contributed by atoms with Crippen molar-refractivity contribution >= 4 is 41.7 Å². The number of fused-ring (bicyclic) bond motifs is 1. The van der Waals surface area contributed by atoms with Gasteiger partial charge in [0.05, 0.1) is 63.1 Å². The molecule has 210 valence electrons. The van der Waals surface area contributed by atoms with Gasteiger partial charge in [-0.05, 0) is 48.2 Å². The number of anilines is 2. The lowest BCUT2D eigenvalue weighted by molar-refractivity contribution is 0.260. The summed E-state index contributed by atoms with van der Waals surface area (Å²) < 4.78 is 0. The molecule has 1 unspecified atom stereocenters. The topological polar surface area (TPSA) is 136 Å². The summed E-state index contributed by atoms with van der Waals surface area (Å²) >= 11 is 6.84. The van der Waals surface area contributed by atoms with Crippen LogP contribution in [0.1, 0.15) is 47.6 Å². The van der Waals surface area contributed by atoms with Gasteiger partial charge < -0.3 is 16.1 Å². The summed E-state index contributed by atoms with van der Waals surface area (Å²) in [7, 11) is 2.04. The first kappa shape index (κ1) is 27.9. The van der Waals surface area contributed by atoms with Gasteiger partial charge in [-0.1, -0.05) is 54.1 Å². The minimum absolute atomic E-state index is 0.196. The van der Waals surface area contributed by atoms with E-state index in [-0.39, 0.29) is 12.5 Å². The van der Waals surface area contributed by atoms with Gasteiger partial charge in [0.1, 0.15) is 13.9 Å². The Balaban J connectivity index is 1.46. The Kier molecular flexibility index (Phi) is 7.53. The lowest BCUT2D eigenvalue weighted by Gasteiger charge is -2.34. The highest BCUT2D eigenvalue weighted by atomic mass is 35.5. The summed E-state index contributed by atoms with van der Waals surface area (Å²) in [5.74, 6) is 0. The summed E-state index contributed by atoms with van der Waals surface area (Å²) in [6.45, 7) is 0. The molecule has 3 aromatic carbocycles. The molecule has 11 heteroatoms. The number of pyridine rings is 1. The van der Waals surface area contributed by atoms with E-state index < -0.39 is 5.44 Å². The van der Waals surface area contributed by atoms with Gasteiger partial charge in [-0.25, -0.2) is 0 Å². The zero-order valence-corrected chi connectivity index (χ0v) is 24.2. The maximum Gasteiger partial charge on any atom is 0.148 e. The van der Waals surface area contributed by atoms with Crippen molar-refractivity contribution in [2.75, 3.05) is 10.6 Å². The lowest BCUT2D eigenvalue weighted by atomic mass is 9.69. The van der Waals surface area contributed by atoms with Crippen LogP contribution in [0.25, 0.3) is 10.9 Å². The number of nitriles is 3. The largest absolute Gasteiger partial charge is 0.378 e. The number of hydrogen-bond acceptors (Lipinski definition) is 9. The van der Waals surface area contributed by atoms with Crippen molar-refractivity contribution in [3.05, 3.63) is 112 Å². The van der Waals surface area contributed by atoms with Crippen LogP contribution in [0.15, 0.2) is 84.8 Å². The van der Waals surface area contributed by atoms with Crippen molar-refractivity contribution in [2.45, 2.75) is 36.8 Å². The number of aromatic nitrogens is 1. The van der Waals surface area contributed by atoms with Crippen molar-refractivity contribution in [2.24, 2.45) is 0 Å². The molecule has 1 aliphatic carbocycles. The average Bonchev–Trinajstić information content (AvgIpc) is 3.76. The molecule has 4 N–H and O–H groups in total. The Labute approximate surface area is 255 Å². The van der Waals surface area contributed by atoms with Crippen LogP contribution in [0.3, 0.4) is 0 Å². The van der Waals surface area contributed by atoms with Gasteiger partial charge in [-0.2, -0.15) is 15.8 Å². The third kappa shape index (κ3) is 5.52. The van der Waals surface area contributed by atoms with E-state index in [4.69, 9.17) is 11.6 Å². The van der Waals surface area contributed by atoms with Crippen LogP contribution in [-0.2, 0) is 5.44 Å². The summed E-state index contributed by atoms with van der Waals surface area (Å²) in [5, 5.41) is 39.5. The van der Waals surface area contributed by atoms with Crippen molar-refractivity contribution < 1.29 is 0 Å². The Morgan fingerprint density at radius 3 is 2.60 bits per heavy atom. The Bertz CT molecular complexity index is 1850. The van der Waals surface area contributed by atoms with E-state index in [9.17, 15) is 15.8 Å². The Morgan fingerprint density at radius 2 is 1.88 bits per heavy atom. The lowest BCUT2D eigenvalue weighted by Crippen LogP contribution is -2.45.